The van der Waals surface area contributed by atoms with E-state index in [1.165, 1.54) is 15.0 Å². The van der Waals surface area contributed by atoms with Crippen LogP contribution in [0.4, 0.5) is 0 Å². The molecule has 29 heavy (non-hydrogen) atoms. The Morgan fingerprint density at radius 3 is 2.48 bits per heavy atom. The molecule has 0 saturated carbocycles. The van der Waals surface area contributed by atoms with Gasteiger partial charge in [0.1, 0.15) is 16.7 Å². The summed E-state index contributed by atoms with van der Waals surface area (Å²) in [6, 6.07) is 12.5. The van der Waals surface area contributed by atoms with Crippen LogP contribution in [0.5, 0.6) is 0 Å². The Hall–Kier alpha value is -3.74. The van der Waals surface area contributed by atoms with Gasteiger partial charge in [0, 0.05) is 11.9 Å². The lowest BCUT2D eigenvalue weighted by Crippen LogP contribution is -2.30. The van der Waals surface area contributed by atoms with Gasteiger partial charge in [0.15, 0.2) is 5.65 Å². The predicted molar refractivity (Wildman–Crippen MR) is 110 cm³/mol. The zero-order valence-electron chi connectivity index (χ0n) is 16.4. The highest BCUT2D eigenvalue weighted by Gasteiger charge is 2.19. The first-order valence-corrected chi connectivity index (χ1v) is 9.28. The van der Waals surface area contributed by atoms with E-state index >= 15 is 0 Å². The number of carbonyl (C=O) groups excluding carboxylic acids is 1. The fourth-order valence-corrected chi connectivity index (χ4v) is 3.29. The van der Waals surface area contributed by atoms with Crippen molar-refractivity contribution >= 4 is 22.6 Å². The maximum absolute atomic E-state index is 13.2. The molecule has 0 amide bonds. The van der Waals surface area contributed by atoms with Crippen molar-refractivity contribution in [3.05, 3.63) is 81.2 Å². The number of esters is 1. The van der Waals surface area contributed by atoms with Crippen molar-refractivity contribution in [1.29, 1.82) is 5.41 Å². The Kier molecular flexibility index (Phi) is 4.50. The van der Waals surface area contributed by atoms with Gasteiger partial charge in [-0.05, 0) is 50.6 Å². The molecule has 0 radical (unpaired) electrons. The van der Waals surface area contributed by atoms with Gasteiger partial charge in [-0.3, -0.25) is 19.2 Å². The molecule has 0 bridgehead atoms. The minimum absolute atomic E-state index is 0.0198. The van der Waals surface area contributed by atoms with Gasteiger partial charge in [0.2, 0.25) is 0 Å². The average Bonchev–Trinajstić information content (AvgIpc) is 2.70. The zero-order chi connectivity index (χ0) is 20.7. The van der Waals surface area contributed by atoms with Crippen molar-refractivity contribution in [1.82, 2.24) is 14.0 Å². The Balaban J connectivity index is 2.19. The first-order chi connectivity index (χ1) is 13.9. The van der Waals surface area contributed by atoms with Crippen LogP contribution in [0.15, 0.2) is 53.5 Å². The molecule has 0 aliphatic carbocycles. The Labute approximate surface area is 166 Å². The molecule has 1 aromatic carbocycles. The smallest absolute Gasteiger partial charge is 0.341 e. The van der Waals surface area contributed by atoms with Crippen molar-refractivity contribution in [2.45, 2.75) is 20.8 Å². The molecule has 3 heterocycles. The van der Waals surface area contributed by atoms with Crippen LogP contribution in [-0.4, -0.2) is 26.5 Å². The Morgan fingerprint density at radius 1 is 1.10 bits per heavy atom. The number of ether oxygens (including phenoxy) is 1. The van der Waals surface area contributed by atoms with Gasteiger partial charge >= 0.3 is 5.97 Å². The molecular weight excluding hydrogens is 368 g/mol. The second-order valence-electron chi connectivity index (χ2n) is 6.89. The van der Waals surface area contributed by atoms with Gasteiger partial charge in [0.25, 0.3) is 5.56 Å². The summed E-state index contributed by atoms with van der Waals surface area (Å²) in [7, 11) is 0. The number of benzene rings is 1. The van der Waals surface area contributed by atoms with Crippen molar-refractivity contribution in [2.24, 2.45) is 0 Å². The lowest BCUT2D eigenvalue weighted by Gasteiger charge is -2.14. The van der Waals surface area contributed by atoms with Gasteiger partial charge in [0.05, 0.1) is 12.0 Å². The quantitative estimate of drug-likeness (QED) is 0.432. The molecule has 146 valence electrons. The lowest BCUT2D eigenvalue weighted by atomic mass is 10.1. The first-order valence-electron chi connectivity index (χ1n) is 9.28. The highest BCUT2D eigenvalue weighted by atomic mass is 16.5. The summed E-state index contributed by atoms with van der Waals surface area (Å²) in [5.41, 5.74) is 3.03. The molecular formula is C22H20N4O3. The number of aromatic nitrogens is 3. The molecule has 0 aliphatic rings. The third-order valence-corrected chi connectivity index (χ3v) is 4.75. The standard InChI is InChI=1S/C22H20N4O3/c1-4-29-22(28)16-11-17-20(24-18-10-7-14(3)12-25(18)21(17)27)26(19(16)23)15-8-5-13(2)6-9-15/h5-12,23H,4H2,1-3H3. The summed E-state index contributed by atoms with van der Waals surface area (Å²) < 4.78 is 8.08. The van der Waals surface area contributed by atoms with Crippen molar-refractivity contribution < 1.29 is 9.53 Å². The van der Waals surface area contributed by atoms with E-state index in [9.17, 15) is 9.59 Å². The Bertz CT molecular complexity index is 1380. The average molecular weight is 388 g/mol. The van der Waals surface area contributed by atoms with Gasteiger partial charge in [-0.2, -0.15) is 0 Å². The SMILES string of the molecule is CCOC(=O)c1cc2c(=O)n3cc(C)ccc3nc2n(-c2ccc(C)cc2)c1=N. The van der Waals surface area contributed by atoms with E-state index < -0.39 is 5.97 Å². The predicted octanol–water partition coefficient (Wildman–Crippen LogP) is 2.91. The van der Waals surface area contributed by atoms with Crippen LogP contribution in [0.25, 0.3) is 22.4 Å². The van der Waals surface area contributed by atoms with Gasteiger partial charge in [-0.1, -0.05) is 23.8 Å². The van der Waals surface area contributed by atoms with Crippen molar-refractivity contribution in [3.8, 4) is 5.69 Å². The van der Waals surface area contributed by atoms with E-state index in [0.29, 0.717) is 17.0 Å². The molecule has 7 heteroatoms. The maximum atomic E-state index is 13.2. The molecule has 0 saturated heterocycles. The third-order valence-electron chi connectivity index (χ3n) is 4.75. The zero-order valence-corrected chi connectivity index (χ0v) is 16.4. The summed E-state index contributed by atoms with van der Waals surface area (Å²) >= 11 is 0. The fourth-order valence-electron chi connectivity index (χ4n) is 3.29. The van der Waals surface area contributed by atoms with E-state index in [1.807, 2.05) is 44.2 Å². The molecule has 4 aromatic rings. The monoisotopic (exact) mass is 388 g/mol. The van der Waals surface area contributed by atoms with Crippen molar-refractivity contribution in [3.63, 3.8) is 0 Å². The number of pyridine rings is 2. The highest BCUT2D eigenvalue weighted by Crippen LogP contribution is 2.16. The van der Waals surface area contributed by atoms with E-state index in [-0.39, 0.29) is 28.6 Å². The van der Waals surface area contributed by atoms with Crippen LogP contribution in [-0.2, 0) is 4.74 Å². The molecule has 0 atom stereocenters. The molecule has 1 N–H and O–H groups in total. The van der Waals surface area contributed by atoms with Gasteiger partial charge in [-0.15, -0.1) is 0 Å². The van der Waals surface area contributed by atoms with E-state index in [2.05, 4.69) is 4.98 Å². The number of carbonyl (C=O) groups is 1. The minimum atomic E-state index is -0.644. The number of fused-ring (bicyclic) bond motifs is 2. The number of hydrogen-bond donors (Lipinski definition) is 1. The second kappa shape index (κ2) is 7.01. The summed E-state index contributed by atoms with van der Waals surface area (Å²) in [5.74, 6) is -0.644. The number of nitrogens with zero attached hydrogens (tertiary/aromatic N) is 3. The second-order valence-corrected chi connectivity index (χ2v) is 6.89. The fraction of sp³-hybridized carbons (Fsp3) is 0.182. The molecule has 7 nitrogen and oxygen atoms in total. The van der Waals surface area contributed by atoms with E-state index in [4.69, 9.17) is 10.1 Å². The molecule has 0 aliphatic heterocycles. The molecule has 3 aromatic heterocycles. The normalized spacial score (nSPS) is 11.1. The summed E-state index contributed by atoms with van der Waals surface area (Å²) in [6.07, 6.45) is 1.71. The van der Waals surface area contributed by atoms with E-state index in [1.54, 1.807) is 19.2 Å². The van der Waals surface area contributed by atoms with Crippen LogP contribution >= 0.6 is 0 Å². The molecule has 0 spiro atoms. The Morgan fingerprint density at radius 2 is 1.79 bits per heavy atom. The summed E-state index contributed by atoms with van der Waals surface area (Å²) in [6.45, 7) is 5.72. The van der Waals surface area contributed by atoms with Crippen LogP contribution < -0.4 is 11.0 Å². The molecule has 4 rings (SSSR count). The number of aryl methyl sites for hydroxylation is 2. The van der Waals surface area contributed by atoms with Gasteiger partial charge < -0.3 is 4.74 Å². The largest absolute Gasteiger partial charge is 0.462 e. The number of rotatable bonds is 3. The molecule has 0 unspecified atom stereocenters. The van der Waals surface area contributed by atoms with E-state index in [0.717, 1.165) is 11.1 Å². The molecule has 0 fully saturated rings. The maximum Gasteiger partial charge on any atom is 0.341 e. The topological polar surface area (TPSA) is 89.4 Å². The number of nitrogens with one attached hydrogen (secondary N) is 1. The van der Waals surface area contributed by atoms with Crippen LogP contribution in [0, 0.1) is 19.3 Å². The number of hydrogen-bond acceptors (Lipinski definition) is 5. The summed E-state index contributed by atoms with van der Waals surface area (Å²) in [4.78, 5) is 30.3. The first kappa shape index (κ1) is 18.6. The summed E-state index contributed by atoms with van der Waals surface area (Å²) in [5, 5.41) is 8.90. The van der Waals surface area contributed by atoms with Crippen LogP contribution in [0.3, 0.4) is 0 Å². The van der Waals surface area contributed by atoms with Crippen LogP contribution in [0.1, 0.15) is 28.4 Å². The minimum Gasteiger partial charge on any atom is -0.462 e. The third kappa shape index (κ3) is 3.10. The highest BCUT2D eigenvalue weighted by molar-refractivity contribution is 5.93. The lowest BCUT2D eigenvalue weighted by molar-refractivity contribution is 0.0523. The van der Waals surface area contributed by atoms with Gasteiger partial charge in [-0.25, -0.2) is 9.78 Å². The van der Waals surface area contributed by atoms with Crippen molar-refractivity contribution in [2.75, 3.05) is 6.61 Å². The van der Waals surface area contributed by atoms with Crippen LogP contribution in [0.2, 0.25) is 0 Å².